The van der Waals surface area contributed by atoms with Crippen LogP contribution < -0.4 is 4.90 Å². The van der Waals surface area contributed by atoms with Gasteiger partial charge in [-0.3, -0.25) is 4.79 Å². The number of phenols is 1. The first-order chi connectivity index (χ1) is 13.6. The molecule has 138 valence electrons. The fraction of sp³-hybridized carbons (Fsp3) is 0.0435. The predicted octanol–water partition coefficient (Wildman–Crippen LogP) is 5.17. The zero-order chi connectivity index (χ0) is 19.5. The van der Waals surface area contributed by atoms with E-state index in [1.807, 2.05) is 48.4 Å². The number of aromatic hydroxyl groups is 1. The zero-order valence-corrected chi connectivity index (χ0v) is 16.1. The van der Waals surface area contributed by atoms with Gasteiger partial charge in [-0.15, -0.1) is 0 Å². The molecule has 0 spiro atoms. The first-order valence-corrected chi connectivity index (χ1v) is 9.62. The molecule has 0 aliphatic carbocycles. The number of thioether (sulfide) groups is 1. The number of phenolic OH excluding ortho intramolecular Hbond substituents is 1. The van der Waals surface area contributed by atoms with Crippen LogP contribution in [0.4, 0.5) is 5.69 Å². The lowest BCUT2D eigenvalue weighted by molar-refractivity contribution is -0.113. The Balaban J connectivity index is 1.50. The van der Waals surface area contributed by atoms with E-state index >= 15 is 0 Å². The van der Waals surface area contributed by atoms with Crippen LogP contribution in [-0.2, 0) is 4.79 Å². The second kappa shape index (κ2) is 7.74. The first-order valence-electron chi connectivity index (χ1n) is 8.81. The number of aliphatic imine (C=N–C) groups is 1. The number of benzene rings is 3. The molecule has 5 heteroatoms. The van der Waals surface area contributed by atoms with Crippen LogP contribution in [-0.4, -0.2) is 23.2 Å². The standard InChI is InChI=1S/C23H18N2O2S/c1-25(19-11-13-20(26)14-12-19)23-24-22(27)21(28-23)15-16-7-9-18(10-8-16)17-5-3-2-4-6-17/h2-15,26H,1H3/b21-15-. The molecule has 1 amide bonds. The van der Waals surface area contributed by atoms with Crippen LogP contribution >= 0.6 is 11.8 Å². The molecule has 1 aliphatic rings. The van der Waals surface area contributed by atoms with E-state index in [-0.39, 0.29) is 11.7 Å². The van der Waals surface area contributed by atoms with E-state index in [4.69, 9.17) is 0 Å². The highest BCUT2D eigenvalue weighted by Gasteiger charge is 2.25. The predicted molar refractivity (Wildman–Crippen MR) is 116 cm³/mol. The third-order valence-electron chi connectivity index (χ3n) is 4.45. The molecule has 0 fully saturated rings. The summed E-state index contributed by atoms with van der Waals surface area (Å²) in [5.74, 6) is -0.0356. The minimum Gasteiger partial charge on any atom is -0.508 e. The molecule has 28 heavy (non-hydrogen) atoms. The second-order valence-electron chi connectivity index (χ2n) is 6.37. The maximum Gasteiger partial charge on any atom is 0.286 e. The Morgan fingerprint density at radius 1 is 0.893 bits per heavy atom. The fourth-order valence-electron chi connectivity index (χ4n) is 2.88. The molecule has 3 aromatic rings. The molecule has 1 N–H and O–H groups in total. The number of hydrogen-bond donors (Lipinski definition) is 1. The van der Waals surface area contributed by atoms with Gasteiger partial charge in [0.15, 0.2) is 5.17 Å². The van der Waals surface area contributed by atoms with Crippen molar-refractivity contribution >= 4 is 34.6 Å². The van der Waals surface area contributed by atoms with Crippen molar-refractivity contribution in [3.63, 3.8) is 0 Å². The molecule has 3 aromatic carbocycles. The van der Waals surface area contributed by atoms with E-state index in [1.165, 1.54) is 11.8 Å². The van der Waals surface area contributed by atoms with E-state index < -0.39 is 0 Å². The highest BCUT2D eigenvalue weighted by molar-refractivity contribution is 8.18. The topological polar surface area (TPSA) is 52.9 Å². The minimum atomic E-state index is -0.238. The molecule has 0 atom stereocenters. The number of nitrogens with zero attached hydrogens (tertiary/aromatic N) is 2. The van der Waals surface area contributed by atoms with E-state index in [0.717, 1.165) is 22.4 Å². The lowest BCUT2D eigenvalue weighted by atomic mass is 10.0. The normalized spacial score (nSPS) is 15.0. The van der Waals surface area contributed by atoms with Gasteiger partial charge in [-0.05, 0) is 58.8 Å². The van der Waals surface area contributed by atoms with Crippen LogP contribution in [0, 0.1) is 0 Å². The lowest BCUT2D eigenvalue weighted by Gasteiger charge is -2.17. The van der Waals surface area contributed by atoms with Crippen molar-refractivity contribution in [1.29, 1.82) is 0 Å². The van der Waals surface area contributed by atoms with Crippen LogP contribution in [0.25, 0.3) is 17.2 Å². The fourth-order valence-corrected chi connectivity index (χ4v) is 3.78. The summed E-state index contributed by atoms with van der Waals surface area (Å²) in [5, 5.41) is 10.0. The van der Waals surface area contributed by atoms with Crippen LogP contribution in [0.1, 0.15) is 5.56 Å². The zero-order valence-electron chi connectivity index (χ0n) is 15.2. The minimum absolute atomic E-state index is 0.203. The molecule has 1 heterocycles. The molecule has 0 aromatic heterocycles. The Morgan fingerprint density at radius 2 is 1.54 bits per heavy atom. The molecule has 0 radical (unpaired) electrons. The molecule has 4 nitrogen and oxygen atoms in total. The lowest BCUT2D eigenvalue weighted by Crippen LogP contribution is -2.21. The summed E-state index contributed by atoms with van der Waals surface area (Å²) >= 11 is 1.35. The van der Waals surface area contributed by atoms with E-state index in [9.17, 15) is 9.90 Å². The third-order valence-corrected chi connectivity index (χ3v) is 5.51. The number of carbonyl (C=O) groups is 1. The van der Waals surface area contributed by atoms with Crippen molar-refractivity contribution in [1.82, 2.24) is 0 Å². The summed E-state index contributed by atoms with van der Waals surface area (Å²) in [4.78, 5) is 18.9. The summed E-state index contributed by atoms with van der Waals surface area (Å²) in [5.41, 5.74) is 4.11. The largest absolute Gasteiger partial charge is 0.508 e. The van der Waals surface area contributed by atoms with E-state index in [0.29, 0.717) is 10.1 Å². The number of anilines is 1. The van der Waals surface area contributed by atoms with Crippen LogP contribution in [0.15, 0.2) is 88.8 Å². The van der Waals surface area contributed by atoms with E-state index in [1.54, 1.807) is 24.3 Å². The summed E-state index contributed by atoms with van der Waals surface area (Å²) in [7, 11) is 1.85. The van der Waals surface area contributed by atoms with Gasteiger partial charge in [-0.1, -0.05) is 54.6 Å². The molecular formula is C23H18N2O2S. The number of rotatable bonds is 3. The Kier molecular flexibility index (Phi) is 5.00. The molecular weight excluding hydrogens is 368 g/mol. The Labute approximate surface area is 167 Å². The molecule has 1 aliphatic heterocycles. The van der Waals surface area contributed by atoms with Crippen molar-refractivity contribution < 1.29 is 9.90 Å². The third kappa shape index (κ3) is 3.85. The van der Waals surface area contributed by atoms with Crippen molar-refractivity contribution in [3.8, 4) is 16.9 Å². The quantitative estimate of drug-likeness (QED) is 0.631. The van der Waals surface area contributed by atoms with Gasteiger partial charge in [0, 0.05) is 12.7 Å². The Bertz CT molecular complexity index is 1060. The van der Waals surface area contributed by atoms with Crippen LogP contribution in [0.3, 0.4) is 0 Å². The number of carbonyl (C=O) groups excluding carboxylic acids is 1. The monoisotopic (exact) mass is 386 g/mol. The number of hydrogen-bond acceptors (Lipinski definition) is 4. The SMILES string of the molecule is CN(C1=NC(=O)/C(=C/c2ccc(-c3ccccc3)cc2)S1)c1ccc(O)cc1. The summed E-state index contributed by atoms with van der Waals surface area (Å²) < 4.78 is 0. The van der Waals surface area contributed by atoms with Crippen molar-refractivity contribution in [2.45, 2.75) is 0 Å². The van der Waals surface area contributed by atoms with Crippen LogP contribution in [0.5, 0.6) is 5.75 Å². The van der Waals surface area contributed by atoms with E-state index in [2.05, 4.69) is 29.3 Å². The molecule has 0 saturated heterocycles. The average molecular weight is 386 g/mol. The number of amides is 1. The van der Waals surface area contributed by atoms with Gasteiger partial charge in [0.25, 0.3) is 5.91 Å². The van der Waals surface area contributed by atoms with Crippen molar-refractivity contribution in [3.05, 3.63) is 89.3 Å². The van der Waals surface area contributed by atoms with Gasteiger partial charge in [0.2, 0.25) is 0 Å². The van der Waals surface area contributed by atoms with Crippen molar-refractivity contribution in [2.75, 3.05) is 11.9 Å². The van der Waals surface area contributed by atoms with Crippen LogP contribution in [0.2, 0.25) is 0 Å². The highest BCUT2D eigenvalue weighted by Crippen LogP contribution is 2.32. The van der Waals surface area contributed by atoms with Gasteiger partial charge in [0.1, 0.15) is 5.75 Å². The maximum atomic E-state index is 12.3. The maximum absolute atomic E-state index is 12.3. The highest BCUT2D eigenvalue weighted by atomic mass is 32.2. The van der Waals surface area contributed by atoms with Gasteiger partial charge >= 0.3 is 0 Å². The van der Waals surface area contributed by atoms with Gasteiger partial charge in [0.05, 0.1) is 4.91 Å². The van der Waals surface area contributed by atoms with Gasteiger partial charge in [-0.2, -0.15) is 4.99 Å². The van der Waals surface area contributed by atoms with Crippen molar-refractivity contribution in [2.24, 2.45) is 4.99 Å². The molecule has 4 rings (SSSR count). The molecule has 0 bridgehead atoms. The Morgan fingerprint density at radius 3 is 2.21 bits per heavy atom. The van der Waals surface area contributed by atoms with Gasteiger partial charge < -0.3 is 10.0 Å². The summed E-state index contributed by atoms with van der Waals surface area (Å²) in [6.07, 6.45) is 1.86. The number of amidine groups is 1. The van der Waals surface area contributed by atoms with Gasteiger partial charge in [-0.25, -0.2) is 0 Å². The summed E-state index contributed by atoms with van der Waals surface area (Å²) in [6, 6.07) is 25.1. The summed E-state index contributed by atoms with van der Waals surface area (Å²) in [6.45, 7) is 0. The smallest absolute Gasteiger partial charge is 0.286 e. The Hall–Kier alpha value is -3.31. The first kappa shape index (κ1) is 18.1. The molecule has 0 saturated carbocycles. The molecule has 0 unspecified atom stereocenters. The average Bonchev–Trinajstić information content (AvgIpc) is 3.09. The second-order valence-corrected chi connectivity index (χ2v) is 7.38.